The van der Waals surface area contributed by atoms with Gasteiger partial charge in [-0.3, -0.25) is 10.1 Å². The summed E-state index contributed by atoms with van der Waals surface area (Å²) in [6, 6.07) is 14.9. The molecule has 0 aliphatic carbocycles. The summed E-state index contributed by atoms with van der Waals surface area (Å²) in [4.78, 5) is 17.4. The number of anilines is 1. The number of nitrogens with one attached hydrogen (secondary N) is 1. The van der Waals surface area contributed by atoms with E-state index in [0.717, 1.165) is 10.4 Å². The lowest BCUT2D eigenvalue weighted by molar-refractivity contribution is -0.112. The third-order valence-electron chi connectivity index (χ3n) is 3.61. The lowest BCUT2D eigenvalue weighted by Gasteiger charge is -2.01. The zero-order valence-corrected chi connectivity index (χ0v) is 15.5. The van der Waals surface area contributed by atoms with E-state index in [1.54, 1.807) is 42.6 Å². The molecule has 0 radical (unpaired) electrons. The molecule has 2 aromatic carbocycles. The van der Waals surface area contributed by atoms with Crippen molar-refractivity contribution in [3.05, 3.63) is 87.1 Å². The molecule has 0 aliphatic rings. The van der Waals surface area contributed by atoms with Crippen molar-refractivity contribution in [3.8, 4) is 6.07 Å². The first-order valence-electron chi connectivity index (χ1n) is 7.91. The van der Waals surface area contributed by atoms with Crippen molar-refractivity contribution < 1.29 is 9.18 Å². The summed E-state index contributed by atoms with van der Waals surface area (Å²) in [5, 5.41) is 12.9. The Bertz CT molecular complexity index is 1020. The van der Waals surface area contributed by atoms with Crippen molar-refractivity contribution in [1.29, 1.82) is 5.26 Å². The summed E-state index contributed by atoms with van der Waals surface area (Å²) in [6.07, 6.45) is 3.72. The predicted molar refractivity (Wildman–Crippen MR) is 105 cm³/mol. The van der Waals surface area contributed by atoms with Crippen molar-refractivity contribution in [2.45, 2.75) is 6.42 Å². The molecule has 0 aliphatic heterocycles. The van der Waals surface area contributed by atoms with Crippen molar-refractivity contribution >= 4 is 40.1 Å². The highest BCUT2D eigenvalue weighted by molar-refractivity contribution is 7.15. The van der Waals surface area contributed by atoms with E-state index in [2.05, 4.69) is 10.3 Å². The number of thiazole rings is 1. The molecule has 1 heterocycles. The predicted octanol–water partition coefficient (Wildman–Crippen LogP) is 5.07. The Morgan fingerprint density at radius 2 is 1.93 bits per heavy atom. The van der Waals surface area contributed by atoms with E-state index < -0.39 is 5.91 Å². The Balaban J connectivity index is 1.68. The number of nitriles is 1. The number of nitrogens with zero attached hydrogens (tertiary/aromatic N) is 2. The molecule has 1 N–H and O–H groups in total. The molecule has 0 bridgehead atoms. The SMILES string of the molecule is N#C/C(=C\c1ccc(Cl)cc1)C(=O)Nc1ncc(Cc2ccc(F)cc2)s1. The van der Waals surface area contributed by atoms with Crippen LogP contribution in [-0.4, -0.2) is 10.9 Å². The van der Waals surface area contributed by atoms with Gasteiger partial charge in [0.05, 0.1) is 0 Å². The van der Waals surface area contributed by atoms with Crippen LogP contribution in [0.4, 0.5) is 9.52 Å². The molecule has 1 aromatic heterocycles. The number of benzene rings is 2. The first-order valence-corrected chi connectivity index (χ1v) is 9.11. The molecule has 27 heavy (non-hydrogen) atoms. The maximum atomic E-state index is 13.0. The van der Waals surface area contributed by atoms with E-state index in [1.807, 2.05) is 6.07 Å². The Morgan fingerprint density at radius 3 is 2.59 bits per heavy atom. The maximum Gasteiger partial charge on any atom is 0.268 e. The van der Waals surface area contributed by atoms with Crippen molar-refractivity contribution in [2.75, 3.05) is 5.32 Å². The summed E-state index contributed by atoms with van der Waals surface area (Å²) in [5.41, 5.74) is 1.60. The second kappa shape index (κ2) is 8.58. The molecule has 0 spiro atoms. The van der Waals surface area contributed by atoms with Gasteiger partial charge in [-0.1, -0.05) is 35.9 Å². The average Bonchev–Trinajstić information content (AvgIpc) is 3.10. The second-order valence-corrected chi connectivity index (χ2v) is 7.16. The lowest BCUT2D eigenvalue weighted by Crippen LogP contribution is -2.13. The van der Waals surface area contributed by atoms with Gasteiger partial charge < -0.3 is 0 Å². The number of hydrogen-bond acceptors (Lipinski definition) is 4. The van der Waals surface area contributed by atoms with Crippen LogP contribution in [0.3, 0.4) is 0 Å². The first kappa shape index (κ1) is 18.8. The minimum absolute atomic E-state index is 0.0346. The Morgan fingerprint density at radius 1 is 1.22 bits per heavy atom. The molecule has 0 unspecified atom stereocenters. The number of rotatable bonds is 5. The molecule has 134 valence electrons. The minimum Gasteiger partial charge on any atom is -0.297 e. The van der Waals surface area contributed by atoms with Gasteiger partial charge in [0, 0.05) is 22.5 Å². The van der Waals surface area contributed by atoms with Crippen LogP contribution in [-0.2, 0) is 11.2 Å². The van der Waals surface area contributed by atoms with Crippen LogP contribution in [0.5, 0.6) is 0 Å². The van der Waals surface area contributed by atoms with Gasteiger partial charge in [0.2, 0.25) is 0 Å². The van der Waals surface area contributed by atoms with Crippen LogP contribution in [0, 0.1) is 17.1 Å². The molecular weight excluding hydrogens is 385 g/mol. The highest BCUT2D eigenvalue weighted by Gasteiger charge is 2.12. The zero-order valence-electron chi connectivity index (χ0n) is 13.9. The summed E-state index contributed by atoms with van der Waals surface area (Å²) < 4.78 is 13.0. The molecule has 1 amide bonds. The highest BCUT2D eigenvalue weighted by Crippen LogP contribution is 2.22. The van der Waals surface area contributed by atoms with Crippen LogP contribution >= 0.6 is 22.9 Å². The van der Waals surface area contributed by atoms with E-state index in [-0.39, 0.29) is 11.4 Å². The van der Waals surface area contributed by atoms with Gasteiger partial charge in [-0.25, -0.2) is 9.37 Å². The third kappa shape index (κ3) is 5.23. The van der Waals surface area contributed by atoms with Crippen LogP contribution in [0.2, 0.25) is 5.02 Å². The first-order chi connectivity index (χ1) is 13.0. The number of hydrogen-bond donors (Lipinski definition) is 1. The van der Waals surface area contributed by atoms with E-state index in [0.29, 0.717) is 22.1 Å². The van der Waals surface area contributed by atoms with Gasteiger partial charge in [0.15, 0.2) is 5.13 Å². The fourth-order valence-electron chi connectivity index (χ4n) is 2.29. The number of amides is 1. The van der Waals surface area contributed by atoms with Crippen LogP contribution in [0.1, 0.15) is 16.0 Å². The van der Waals surface area contributed by atoms with Gasteiger partial charge in [0.25, 0.3) is 5.91 Å². The topological polar surface area (TPSA) is 65.8 Å². The maximum absolute atomic E-state index is 13.0. The highest BCUT2D eigenvalue weighted by atomic mass is 35.5. The van der Waals surface area contributed by atoms with Crippen molar-refractivity contribution in [2.24, 2.45) is 0 Å². The van der Waals surface area contributed by atoms with Gasteiger partial charge in [-0.2, -0.15) is 5.26 Å². The molecular formula is C20H13ClFN3OS. The van der Waals surface area contributed by atoms with Crippen LogP contribution < -0.4 is 5.32 Å². The monoisotopic (exact) mass is 397 g/mol. The quantitative estimate of drug-likeness (QED) is 0.482. The van der Waals surface area contributed by atoms with Crippen LogP contribution in [0.15, 0.2) is 60.3 Å². The fourth-order valence-corrected chi connectivity index (χ4v) is 3.26. The van der Waals surface area contributed by atoms with E-state index in [4.69, 9.17) is 11.6 Å². The minimum atomic E-state index is -0.532. The van der Waals surface area contributed by atoms with Gasteiger partial charge in [0.1, 0.15) is 17.5 Å². The normalized spacial score (nSPS) is 11.1. The summed E-state index contributed by atoms with van der Waals surface area (Å²) in [6.45, 7) is 0. The smallest absolute Gasteiger partial charge is 0.268 e. The van der Waals surface area contributed by atoms with Gasteiger partial charge >= 0.3 is 0 Å². The molecule has 4 nitrogen and oxygen atoms in total. The molecule has 0 saturated heterocycles. The summed E-state index contributed by atoms with van der Waals surface area (Å²) in [7, 11) is 0. The van der Waals surface area contributed by atoms with E-state index >= 15 is 0 Å². The Labute approximate surface area is 164 Å². The third-order valence-corrected chi connectivity index (χ3v) is 4.78. The Kier molecular flexibility index (Phi) is 5.97. The average molecular weight is 398 g/mol. The summed E-state index contributed by atoms with van der Waals surface area (Å²) in [5.74, 6) is -0.817. The zero-order chi connectivity index (χ0) is 19.2. The number of carbonyl (C=O) groups is 1. The number of carbonyl (C=O) groups excluding carboxylic acids is 1. The molecule has 0 atom stereocenters. The Hall–Kier alpha value is -3.01. The second-order valence-electron chi connectivity index (χ2n) is 5.61. The van der Waals surface area contributed by atoms with Crippen molar-refractivity contribution in [1.82, 2.24) is 4.98 Å². The fraction of sp³-hybridized carbons (Fsp3) is 0.0500. The van der Waals surface area contributed by atoms with E-state index in [1.165, 1.54) is 29.5 Å². The molecule has 0 saturated carbocycles. The number of halogens is 2. The number of aromatic nitrogens is 1. The lowest BCUT2D eigenvalue weighted by atomic mass is 10.1. The van der Waals surface area contributed by atoms with Crippen molar-refractivity contribution in [3.63, 3.8) is 0 Å². The molecule has 0 fully saturated rings. The van der Waals surface area contributed by atoms with E-state index in [9.17, 15) is 14.4 Å². The standard InChI is InChI=1S/C20H13ClFN3OS/c21-16-5-1-13(2-6-16)9-15(11-23)19(26)25-20-24-12-18(27-20)10-14-3-7-17(22)8-4-14/h1-9,12H,10H2,(H,24,25,26)/b15-9+. The van der Waals surface area contributed by atoms with Crippen LogP contribution in [0.25, 0.3) is 6.08 Å². The van der Waals surface area contributed by atoms with Gasteiger partial charge in [-0.05, 0) is 41.5 Å². The van der Waals surface area contributed by atoms with Gasteiger partial charge in [-0.15, -0.1) is 11.3 Å². The molecule has 7 heteroatoms. The largest absolute Gasteiger partial charge is 0.297 e. The molecule has 3 aromatic rings. The molecule has 3 rings (SSSR count). The summed E-state index contributed by atoms with van der Waals surface area (Å²) >= 11 is 7.14.